The zero-order valence-electron chi connectivity index (χ0n) is 12.6. The molecule has 0 spiro atoms. The van der Waals surface area contributed by atoms with Crippen LogP contribution in [0.4, 0.5) is 0 Å². The maximum atomic E-state index is 12.1. The number of hydrogen-bond acceptors (Lipinski definition) is 1. The minimum absolute atomic E-state index is 0.0336. The van der Waals surface area contributed by atoms with E-state index in [0.717, 1.165) is 14.7 Å². The van der Waals surface area contributed by atoms with Crippen LogP contribution < -0.4 is 0 Å². The second kappa shape index (κ2) is 6.56. The van der Waals surface area contributed by atoms with Gasteiger partial charge >= 0.3 is 0 Å². The lowest BCUT2D eigenvalue weighted by Crippen LogP contribution is -2.10. The van der Waals surface area contributed by atoms with Crippen LogP contribution in [0.1, 0.15) is 42.3 Å². The lowest BCUT2D eigenvalue weighted by molar-refractivity contribution is 0.104. The average Bonchev–Trinajstić information content (AvgIpc) is 2.45. The van der Waals surface area contributed by atoms with Crippen molar-refractivity contribution in [2.24, 2.45) is 0 Å². The highest BCUT2D eigenvalue weighted by Gasteiger charge is 2.12. The molecule has 0 aliphatic heterocycles. The first-order valence-electron chi connectivity index (χ1n) is 6.95. The zero-order chi connectivity index (χ0) is 15.5. The second-order valence-electron chi connectivity index (χ2n) is 6.08. The molecular weight excluding hydrogens is 371 g/mol. The van der Waals surface area contributed by atoms with Crippen LogP contribution >= 0.6 is 22.6 Å². The molecule has 1 nitrogen and oxygen atoms in total. The van der Waals surface area contributed by atoms with E-state index in [1.165, 1.54) is 5.56 Å². The summed E-state index contributed by atoms with van der Waals surface area (Å²) in [7, 11) is 0. The third-order valence-corrected chi connectivity index (χ3v) is 4.05. The van der Waals surface area contributed by atoms with Crippen LogP contribution in [0, 0.1) is 3.57 Å². The van der Waals surface area contributed by atoms with Crippen molar-refractivity contribution in [3.63, 3.8) is 0 Å². The van der Waals surface area contributed by atoms with Gasteiger partial charge < -0.3 is 0 Å². The molecule has 21 heavy (non-hydrogen) atoms. The Balaban J connectivity index is 2.10. The summed E-state index contributed by atoms with van der Waals surface area (Å²) in [6, 6.07) is 16.0. The van der Waals surface area contributed by atoms with Crippen molar-refractivity contribution < 1.29 is 4.79 Å². The first-order chi connectivity index (χ1) is 9.86. The summed E-state index contributed by atoms with van der Waals surface area (Å²) in [5.41, 5.74) is 3.21. The lowest BCUT2D eigenvalue weighted by Gasteiger charge is -2.18. The number of carbonyl (C=O) groups excluding carboxylic acids is 1. The van der Waals surface area contributed by atoms with Gasteiger partial charge in [0.2, 0.25) is 0 Å². The molecule has 0 saturated carbocycles. The molecule has 0 N–H and O–H groups in total. The highest BCUT2D eigenvalue weighted by molar-refractivity contribution is 14.1. The molecule has 2 aromatic carbocycles. The fraction of sp³-hybridized carbons (Fsp3) is 0.211. The Bertz CT molecular complexity index is 643. The summed E-state index contributed by atoms with van der Waals surface area (Å²) in [6.45, 7) is 6.58. The molecule has 2 rings (SSSR count). The standard InChI is InChI=1S/C19H19IO/c1-19(2,3)16-9-4-14(5-10-16)6-13-18(21)15-7-11-17(20)12-8-15/h4-13H,1-3H3. The largest absolute Gasteiger partial charge is 0.289 e. The van der Waals surface area contributed by atoms with Gasteiger partial charge in [0.1, 0.15) is 0 Å². The molecule has 108 valence electrons. The van der Waals surface area contributed by atoms with E-state index >= 15 is 0 Å². The van der Waals surface area contributed by atoms with Gasteiger partial charge in [-0.25, -0.2) is 0 Å². The number of hydrogen-bond donors (Lipinski definition) is 0. The number of carbonyl (C=O) groups is 1. The van der Waals surface area contributed by atoms with Gasteiger partial charge in [-0.2, -0.15) is 0 Å². The minimum Gasteiger partial charge on any atom is -0.289 e. The van der Waals surface area contributed by atoms with E-state index < -0.39 is 0 Å². The van der Waals surface area contributed by atoms with Crippen LogP contribution in [0.15, 0.2) is 54.6 Å². The van der Waals surface area contributed by atoms with Gasteiger partial charge in [0, 0.05) is 9.13 Å². The summed E-state index contributed by atoms with van der Waals surface area (Å²) in [5.74, 6) is 0.0336. The van der Waals surface area contributed by atoms with Crippen LogP contribution in [0.2, 0.25) is 0 Å². The molecule has 2 aromatic rings. The van der Waals surface area contributed by atoms with Crippen molar-refractivity contribution in [1.29, 1.82) is 0 Å². The number of benzene rings is 2. The van der Waals surface area contributed by atoms with Crippen molar-refractivity contribution in [2.75, 3.05) is 0 Å². The van der Waals surface area contributed by atoms with Gasteiger partial charge in [0.25, 0.3) is 0 Å². The second-order valence-corrected chi connectivity index (χ2v) is 7.32. The SMILES string of the molecule is CC(C)(C)c1ccc(C=CC(=O)c2ccc(I)cc2)cc1. The average molecular weight is 390 g/mol. The van der Waals surface area contributed by atoms with E-state index in [9.17, 15) is 4.79 Å². The molecule has 0 saturated heterocycles. The Morgan fingerprint density at radius 3 is 2.05 bits per heavy atom. The van der Waals surface area contributed by atoms with Gasteiger partial charge in [0.05, 0.1) is 0 Å². The molecule has 0 bridgehead atoms. The van der Waals surface area contributed by atoms with Crippen molar-refractivity contribution in [1.82, 2.24) is 0 Å². The van der Waals surface area contributed by atoms with Gasteiger partial charge in [-0.1, -0.05) is 63.2 Å². The zero-order valence-corrected chi connectivity index (χ0v) is 14.7. The molecule has 0 aliphatic rings. The molecule has 0 aliphatic carbocycles. The third-order valence-electron chi connectivity index (χ3n) is 3.33. The van der Waals surface area contributed by atoms with Gasteiger partial charge in [0.15, 0.2) is 5.78 Å². The van der Waals surface area contributed by atoms with Gasteiger partial charge in [-0.05, 0) is 57.3 Å². The van der Waals surface area contributed by atoms with Crippen LogP contribution in [0.3, 0.4) is 0 Å². The topological polar surface area (TPSA) is 17.1 Å². The van der Waals surface area contributed by atoms with E-state index in [-0.39, 0.29) is 11.2 Å². The van der Waals surface area contributed by atoms with E-state index in [0.29, 0.717) is 0 Å². The normalized spacial score (nSPS) is 11.8. The molecule has 0 aromatic heterocycles. The van der Waals surface area contributed by atoms with Crippen LogP contribution in [-0.2, 0) is 5.41 Å². The Hall–Kier alpha value is -1.42. The molecule has 0 atom stereocenters. The highest BCUT2D eigenvalue weighted by Crippen LogP contribution is 2.22. The van der Waals surface area contributed by atoms with Gasteiger partial charge in [-0.15, -0.1) is 0 Å². The van der Waals surface area contributed by atoms with E-state index in [1.54, 1.807) is 6.08 Å². The lowest BCUT2D eigenvalue weighted by atomic mass is 9.87. The molecule has 0 heterocycles. The molecule has 0 fully saturated rings. The quantitative estimate of drug-likeness (QED) is 0.385. The molecular formula is C19H19IO. The van der Waals surface area contributed by atoms with Crippen molar-refractivity contribution >= 4 is 34.5 Å². The Labute approximate surface area is 140 Å². The summed E-state index contributed by atoms with van der Waals surface area (Å²) < 4.78 is 1.13. The van der Waals surface area contributed by atoms with E-state index in [4.69, 9.17) is 0 Å². The van der Waals surface area contributed by atoms with E-state index in [1.807, 2.05) is 30.3 Å². The van der Waals surface area contributed by atoms with E-state index in [2.05, 4.69) is 67.6 Å². The first-order valence-corrected chi connectivity index (χ1v) is 8.03. The summed E-state index contributed by atoms with van der Waals surface area (Å²) in [6.07, 6.45) is 3.50. The summed E-state index contributed by atoms with van der Waals surface area (Å²) >= 11 is 2.23. The van der Waals surface area contributed by atoms with Crippen LogP contribution in [0.25, 0.3) is 6.08 Å². The number of allylic oxidation sites excluding steroid dienone is 1. The third kappa shape index (κ3) is 4.53. The molecule has 0 radical (unpaired) electrons. The Morgan fingerprint density at radius 2 is 1.52 bits per heavy atom. The van der Waals surface area contributed by atoms with Crippen molar-refractivity contribution in [3.8, 4) is 0 Å². The van der Waals surface area contributed by atoms with Crippen LogP contribution in [0.5, 0.6) is 0 Å². The maximum Gasteiger partial charge on any atom is 0.185 e. The fourth-order valence-corrected chi connectivity index (χ4v) is 2.34. The Kier molecular flexibility index (Phi) is 4.99. The first kappa shape index (κ1) is 16.0. The summed E-state index contributed by atoms with van der Waals surface area (Å²) in [5, 5.41) is 0. The number of halogens is 1. The summed E-state index contributed by atoms with van der Waals surface area (Å²) in [4.78, 5) is 12.1. The minimum atomic E-state index is 0.0336. The van der Waals surface area contributed by atoms with Crippen molar-refractivity contribution in [3.05, 3.63) is 74.9 Å². The fourth-order valence-electron chi connectivity index (χ4n) is 1.98. The van der Waals surface area contributed by atoms with Crippen LogP contribution in [-0.4, -0.2) is 5.78 Å². The monoisotopic (exact) mass is 390 g/mol. The molecule has 2 heteroatoms. The van der Waals surface area contributed by atoms with Gasteiger partial charge in [-0.3, -0.25) is 4.79 Å². The number of rotatable bonds is 3. The smallest absolute Gasteiger partial charge is 0.185 e. The highest BCUT2D eigenvalue weighted by atomic mass is 127. The molecule has 0 unspecified atom stereocenters. The van der Waals surface area contributed by atoms with Crippen molar-refractivity contribution in [2.45, 2.75) is 26.2 Å². The molecule has 0 amide bonds. The Morgan fingerprint density at radius 1 is 0.952 bits per heavy atom. The number of ketones is 1. The predicted molar refractivity (Wildman–Crippen MR) is 97.7 cm³/mol. The maximum absolute atomic E-state index is 12.1. The predicted octanol–water partition coefficient (Wildman–Crippen LogP) is 5.48.